The Bertz CT molecular complexity index is 919. The molecule has 1 aliphatic rings. The summed E-state index contributed by atoms with van der Waals surface area (Å²) in [6, 6.07) is 6.75. The number of rotatable bonds is 10. The van der Waals surface area contributed by atoms with Crippen molar-refractivity contribution in [3.63, 3.8) is 0 Å². The summed E-state index contributed by atoms with van der Waals surface area (Å²) < 4.78 is 0. The van der Waals surface area contributed by atoms with Gasteiger partial charge in [-0.3, -0.25) is 19.4 Å². The van der Waals surface area contributed by atoms with E-state index in [2.05, 4.69) is 32.0 Å². The minimum absolute atomic E-state index is 0.212. The van der Waals surface area contributed by atoms with Gasteiger partial charge in [0.15, 0.2) is 0 Å². The lowest BCUT2D eigenvalue weighted by atomic mass is 10.1. The van der Waals surface area contributed by atoms with E-state index in [1.54, 1.807) is 18.3 Å². The van der Waals surface area contributed by atoms with Gasteiger partial charge < -0.3 is 21.1 Å². The molecule has 1 unspecified atom stereocenters. The molecule has 164 valence electrons. The maximum Gasteiger partial charge on any atom is 0.305 e. The number of carbonyl (C=O) groups is 3. The van der Waals surface area contributed by atoms with E-state index in [4.69, 9.17) is 5.11 Å². The third-order valence-corrected chi connectivity index (χ3v) is 5.04. The lowest BCUT2D eigenvalue weighted by molar-refractivity contribution is -0.138. The molecule has 2 aromatic heterocycles. The summed E-state index contributed by atoms with van der Waals surface area (Å²) >= 11 is 0. The number of fused-ring (bicyclic) bond motifs is 1. The highest BCUT2D eigenvalue weighted by Gasteiger charge is 2.18. The summed E-state index contributed by atoms with van der Waals surface area (Å²) in [7, 11) is 0. The van der Waals surface area contributed by atoms with E-state index in [0.29, 0.717) is 18.4 Å². The number of nitrogens with zero attached hydrogens (tertiary/aromatic N) is 2. The first-order chi connectivity index (χ1) is 15.0. The van der Waals surface area contributed by atoms with Crippen LogP contribution in [0, 0.1) is 0 Å². The molecule has 3 rings (SSSR count). The average molecular weight is 425 g/mol. The Hall–Kier alpha value is -3.49. The van der Waals surface area contributed by atoms with Gasteiger partial charge >= 0.3 is 5.97 Å². The fourth-order valence-corrected chi connectivity index (χ4v) is 3.46. The first kappa shape index (κ1) is 22.2. The number of amides is 2. The predicted molar refractivity (Wildman–Crippen MR) is 114 cm³/mol. The largest absolute Gasteiger partial charge is 0.481 e. The number of nitrogens with one attached hydrogen (secondary N) is 3. The Morgan fingerprint density at radius 2 is 2.06 bits per heavy atom. The van der Waals surface area contributed by atoms with Gasteiger partial charge in [0.05, 0.1) is 19.0 Å². The molecule has 31 heavy (non-hydrogen) atoms. The molecule has 0 saturated heterocycles. The van der Waals surface area contributed by atoms with Gasteiger partial charge in [-0.2, -0.15) is 0 Å². The zero-order valence-electron chi connectivity index (χ0n) is 17.3. The molecular weight excluding hydrogens is 398 g/mol. The van der Waals surface area contributed by atoms with Crippen molar-refractivity contribution < 1.29 is 19.5 Å². The van der Waals surface area contributed by atoms with Crippen LogP contribution in [0.4, 0.5) is 5.82 Å². The Kier molecular flexibility index (Phi) is 7.91. The smallest absolute Gasteiger partial charge is 0.305 e. The van der Waals surface area contributed by atoms with Gasteiger partial charge in [-0.25, -0.2) is 4.98 Å². The molecular formula is C22H27N5O4. The number of pyridine rings is 2. The van der Waals surface area contributed by atoms with Crippen molar-refractivity contribution >= 4 is 23.6 Å². The normalized spacial score (nSPS) is 13.4. The molecule has 0 bridgehead atoms. The highest BCUT2D eigenvalue weighted by Crippen LogP contribution is 2.20. The molecule has 9 nitrogen and oxygen atoms in total. The maximum absolute atomic E-state index is 12.2. The lowest BCUT2D eigenvalue weighted by Crippen LogP contribution is -2.39. The van der Waals surface area contributed by atoms with Crippen molar-refractivity contribution in [2.75, 3.05) is 18.4 Å². The summed E-state index contributed by atoms with van der Waals surface area (Å²) in [6.45, 7) is 0.720. The second-order valence-corrected chi connectivity index (χ2v) is 7.48. The lowest BCUT2D eigenvalue weighted by Gasteiger charge is -2.17. The van der Waals surface area contributed by atoms with Crippen LogP contribution in [0.2, 0.25) is 0 Å². The van der Waals surface area contributed by atoms with Crippen molar-refractivity contribution in [3.05, 3.63) is 53.5 Å². The fourth-order valence-electron chi connectivity index (χ4n) is 3.46. The SMILES string of the molecule is O=C(O)CC(NC(=O)CNC(=O)CCCc1ccc2c(n1)NCCC2)c1cccnc1. The van der Waals surface area contributed by atoms with Crippen LogP contribution in [0.15, 0.2) is 36.7 Å². The number of hydrogen-bond acceptors (Lipinski definition) is 6. The molecule has 0 saturated carbocycles. The summed E-state index contributed by atoms with van der Waals surface area (Å²) in [6.07, 6.45) is 6.53. The van der Waals surface area contributed by atoms with Crippen molar-refractivity contribution in [2.24, 2.45) is 0 Å². The Balaban J connectivity index is 1.40. The van der Waals surface area contributed by atoms with Gasteiger partial charge in [-0.1, -0.05) is 12.1 Å². The van der Waals surface area contributed by atoms with Gasteiger partial charge in [0.2, 0.25) is 11.8 Å². The fraction of sp³-hybridized carbons (Fsp3) is 0.409. The van der Waals surface area contributed by atoms with Gasteiger partial charge in [0.1, 0.15) is 5.82 Å². The Morgan fingerprint density at radius 3 is 2.84 bits per heavy atom. The molecule has 0 aliphatic carbocycles. The van der Waals surface area contributed by atoms with Crippen LogP contribution >= 0.6 is 0 Å². The van der Waals surface area contributed by atoms with E-state index in [9.17, 15) is 14.4 Å². The number of hydrogen-bond donors (Lipinski definition) is 4. The second kappa shape index (κ2) is 11.1. The summed E-state index contributed by atoms with van der Waals surface area (Å²) in [5, 5.41) is 17.6. The molecule has 9 heteroatoms. The standard InChI is InChI=1S/C22H27N5O4/c28-19(7-1-6-17-9-8-15-4-3-11-24-22(15)26-17)25-14-20(29)27-18(12-21(30)31)16-5-2-10-23-13-16/h2,5,8-10,13,18H,1,3-4,6-7,11-12,14H2,(H,24,26)(H,25,28)(H,27,29)(H,30,31). The number of aliphatic carboxylic acids is 1. The number of aromatic nitrogens is 2. The molecule has 2 amide bonds. The monoisotopic (exact) mass is 425 g/mol. The summed E-state index contributed by atoms with van der Waals surface area (Å²) in [4.78, 5) is 43.9. The molecule has 0 fully saturated rings. The van der Waals surface area contributed by atoms with E-state index in [-0.39, 0.29) is 25.3 Å². The predicted octanol–water partition coefficient (Wildman–Crippen LogP) is 1.61. The Morgan fingerprint density at radius 1 is 1.19 bits per heavy atom. The van der Waals surface area contributed by atoms with E-state index in [1.807, 2.05) is 6.07 Å². The summed E-state index contributed by atoms with van der Waals surface area (Å²) in [5.74, 6) is -0.785. The molecule has 0 radical (unpaired) electrons. The minimum Gasteiger partial charge on any atom is -0.481 e. The number of carbonyl (C=O) groups excluding carboxylic acids is 2. The van der Waals surface area contributed by atoms with E-state index >= 15 is 0 Å². The molecule has 1 atom stereocenters. The minimum atomic E-state index is -1.04. The Labute approximate surface area is 180 Å². The second-order valence-electron chi connectivity index (χ2n) is 7.48. The van der Waals surface area contributed by atoms with E-state index in [0.717, 1.165) is 30.9 Å². The molecule has 0 spiro atoms. The van der Waals surface area contributed by atoms with E-state index in [1.165, 1.54) is 11.8 Å². The third-order valence-electron chi connectivity index (χ3n) is 5.04. The zero-order chi connectivity index (χ0) is 22.1. The number of carboxylic acid groups (broad SMARTS) is 1. The van der Waals surface area contributed by atoms with Crippen LogP contribution in [0.5, 0.6) is 0 Å². The number of carboxylic acids is 1. The highest BCUT2D eigenvalue weighted by molar-refractivity contribution is 5.85. The highest BCUT2D eigenvalue weighted by atomic mass is 16.4. The quantitative estimate of drug-likeness (QED) is 0.454. The molecule has 3 heterocycles. The van der Waals surface area contributed by atoms with Gasteiger partial charge in [0.25, 0.3) is 0 Å². The van der Waals surface area contributed by atoms with Crippen molar-refractivity contribution in [2.45, 2.75) is 44.6 Å². The van der Waals surface area contributed by atoms with Gasteiger partial charge in [-0.05, 0) is 48.9 Å². The summed E-state index contributed by atoms with van der Waals surface area (Å²) in [5.41, 5.74) is 2.76. The van der Waals surface area contributed by atoms with Crippen molar-refractivity contribution in [1.29, 1.82) is 0 Å². The van der Waals surface area contributed by atoms with Crippen LogP contribution in [-0.4, -0.2) is 45.9 Å². The number of anilines is 1. The topological polar surface area (TPSA) is 133 Å². The van der Waals surface area contributed by atoms with Crippen LogP contribution in [0.3, 0.4) is 0 Å². The third kappa shape index (κ3) is 7.06. The van der Waals surface area contributed by atoms with E-state index < -0.39 is 17.9 Å². The van der Waals surface area contributed by atoms with Crippen LogP contribution in [0.25, 0.3) is 0 Å². The first-order valence-corrected chi connectivity index (χ1v) is 10.4. The average Bonchev–Trinajstić information content (AvgIpc) is 2.77. The van der Waals surface area contributed by atoms with Crippen LogP contribution in [0.1, 0.15) is 48.5 Å². The molecule has 4 N–H and O–H groups in total. The molecule has 2 aromatic rings. The van der Waals surface area contributed by atoms with Crippen molar-refractivity contribution in [3.8, 4) is 0 Å². The number of aryl methyl sites for hydroxylation is 2. The van der Waals surface area contributed by atoms with Gasteiger partial charge in [-0.15, -0.1) is 0 Å². The van der Waals surface area contributed by atoms with Crippen LogP contribution < -0.4 is 16.0 Å². The first-order valence-electron chi connectivity index (χ1n) is 10.4. The molecule has 1 aliphatic heterocycles. The maximum atomic E-state index is 12.2. The molecule has 0 aromatic carbocycles. The van der Waals surface area contributed by atoms with Gasteiger partial charge in [0, 0.05) is 31.1 Å². The van der Waals surface area contributed by atoms with Crippen molar-refractivity contribution in [1.82, 2.24) is 20.6 Å². The zero-order valence-corrected chi connectivity index (χ0v) is 17.3. The van der Waals surface area contributed by atoms with Crippen LogP contribution in [-0.2, 0) is 27.2 Å².